The van der Waals surface area contributed by atoms with Gasteiger partial charge in [-0.15, -0.1) is 0 Å². The van der Waals surface area contributed by atoms with Gasteiger partial charge in [0.25, 0.3) is 5.91 Å². The van der Waals surface area contributed by atoms with E-state index in [2.05, 4.69) is 12.2 Å². The van der Waals surface area contributed by atoms with E-state index in [1.807, 2.05) is 25.1 Å². The van der Waals surface area contributed by atoms with Crippen molar-refractivity contribution >= 4 is 23.6 Å². The third-order valence-electron chi connectivity index (χ3n) is 4.43. The van der Waals surface area contributed by atoms with Crippen LogP contribution in [-0.4, -0.2) is 25.1 Å². The summed E-state index contributed by atoms with van der Waals surface area (Å²) in [5, 5.41) is 12.1. The van der Waals surface area contributed by atoms with Gasteiger partial charge in [0, 0.05) is 5.69 Å². The van der Waals surface area contributed by atoms with Crippen LogP contribution in [0.25, 0.3) is 6.08 Å². The standard InChI is InChI=1S/C25H28N2O4/c1-3-5-15-30-23-13-7-19(8-14-23)17-21(18-26)24(28)27-22-11-9-20(10-12-22)25(29)31-16-6-4-2/h7-14,17H,3-6,15-16H2,1-2H3,(H,27,28)/b21-17+. The van der Waals surface area contributed by atoms with Gasteiger partial charge in [-0.1, -0.05) is 38.8 Å². The number of anilines is 1. The Morgan fingerprint density at radius 3 is 2.23 bits per heavy atom. The van der Waals surface area contributed by atoms with Gasteiger partial charge in [-0.3, -0.25) is 4.79 Å². The highest BCUT2D eigenvalue weighted by molar-refractivity contribution is 6.09. The molecule has 0 saturated carbocycles. The molecule has 0 aliphatic rings. The van der Waals surface area contributed by atoms with Gasteiger partial charge >= 0.3 is 5.97 Å². The lowest BCUT2D eigenvalue weighted by atomic mass is 10.1. The highest BCUT2D eigenvalue weighted by Gasteiger charge is 2.11. The first-order valence-corrected chi connectivity index (χ1v) is 10.5. The first-order chi connectivity index (χ1) is 15.1. The maximum Gasteiger partial charge on any atom is 0.338 e. The summed E-state index contributed by atoms with van der Waals surface area (Å²) in [6, 6.07) is 15.5. The number of carbonyl (C=O) groups is 2. The Kier molecular flexibility index (Phi) is 9.83. The van der Waals surface area contributed by atoms with Crippen molar-refractivity contribution in [3.05, 3.63) is 65.2 Å². The van der Waals surface area contributed by atoms with E-state index in [1.54, 1.807) is 36.4 Å². The van der Waals surface area contributed by atoms with Crippen LogP contribution in [0.1, 0.15) is 55.5 Å². The Morgan fingerprint density at radius 1 is 0.968 bits per heavy atom. The number of amides is 1. The molecule has 0 atom stereocenters. The van der Waals surface area contributed by atoms with Crippen LogP contribution in [0.15, 0.2) is 54.1 Å². The molecule has 0 unspecified atom stereocenters. The second-order valence-electron chi connectivity index (χ2n) is 6.96. The fourth-order valence-electron chi connectivity index (χ4n) is 2.59. The maximum absolute atomic E-state index is 12.5. The van der Waals surface area contributed by atoms with Crippen LogP contribution in [0, 0.1) is 11.3 Å². The Bertz CT molecular complexity index is 925. The molecule has 6 nitrogen and oxygen atoms in total. The van der Waals surface area contributed by atoms with E-state index in [1.165, 1.54) is 6.08 Å². The Balaban J connectivity index is 1.98. The van der Waals surface area contributed by atoms with Gasteiger partial charge in [0.1, 0.15) is 17.4 Å². The molecular weight excluding hydrogens is 392 g/mol. The van der Waals surface area contributed by atoms with E-state index in [0.717, 1.165) is 37.0 Å². The van der Waals surface area contributed by atoms with Crippen LogP contribution in [0.5, 0.6) is 5.75 Å². The predicted molar refractivity (Wildman–Crippen MR) is 121 cm³/mol. The number of esters is 1. The van der Waals surface area contributed by atoms with Gasteiger partial charge in [-0.2, -0.15) is 5.26 Å². The molecule has 0 radical (unpaired) electrons. The summed E-state index contributed by atoms with van der Waals surface area (Å²) in [7, 11) is 0. The summed E-state index contributed by atoms with van der Waals surface area (Å²) in [6.45, 7) is 5.17. The lowest BCUT2D eigenvalue weighted by Crippen LogP contribution is -2.13. The minimum absolute atomic E-state index is 0.0253. The number of carbonyl (C=O) groups excluding carboxylic acids is 2. The van der Waals surface area contributed by atoms with Crippen molar-refractivity contribution in [1.29, 1.82) is 5.26 Å². The van der Waals surface area contributed by atoms with Crippen LogP contribution in [0.3, 0.4) is 0 Å². The number of hydrogen-bond donors (Lipinski definition) is 1. The molecule has 162 valence electrons. The molecule has 2 aromatic carbocycles. The zero-order valence-corrected chi connectivity index (χ0v) is 18.0. The van der Waals surface area contributed by atoms with Crippen molar-refractivity contribution in [2.24, 2.45) is 0 Å². The van der Waals surface area contributed by atoms with E-state index < -0.39 is 11.9 Å². The van der Waals surface area contributed by atoms with E-state index in [-0.39, 0.29) is 5.57 Å². The fraction of sp³-hybridized carbons (Fsp3) is 0.320. The first kappa shape index (κ1) is 23.7. The highest BCUT2D eigenvalue weighted by Crippen LogP contribution is 2.17. The number of unbranched alkanes of at least 4 members (excludes halogenated alkanes) is 2. The van der Waals surface area contributed by atoms with Crippen LogP contribution < -0.4 is 10.1 Å². The molecule has 1 N–H and O–H groups in total. The molecule has 0 aliphatic heterocycles. The van der Waals surface area contributed by atoms with Crippen molar-refractivity contribution in [2.45, 2.75) is 39.5 Å². The van der Waals surface area contributed by atoms with Gasteiger partial charge < -0.3 is 14.8 Å². The second kappa shape index (κ2) is 12.9. The van der Waals surface area contributed by atoms with E-state index >= 15 is 0 Å². The lowest BCUT2D eigenvalue weighted by molar-refractivity contribution is -0.112. The predicted octanol–water partition coefficient (Wildman–Crippen LogP) is 5.37. The number of benzene rings is 2. The highest BCUT2D eigenvalue weighted by atomic mass is 16.5. The zero-order valence-electron chi connectivity index (χ0n) is 18.0. The summed E-state index contributed by atoms with van der Waals surface area (Å²) in [5.41, 5.74) is 1.59. The van der Waals surface area contributed by atoms with Gasteiger partial charge in [-0.25, -0.2) is 4.79 Å². The van der Waals surface area contributed by atoms with E-state index in [4.69, 9.17) is 9.47 Å². The topological polar surface area (TPSA) is 88.4 Å². The van der Waals surface area contributed by atoms with Crippen molar-refractivity contribution in [2.75, 3.05) is 18.5 Å². The molecule has 31 heavy (non-hydrogen) atoms. The minimum atomic E-state index is -0.524. The lowest BCUT2D eigenvalue weighted by Gasteiger charge is -2.07. The SMILES string of the molecule is CCCCOC(=O)c1ccc(NC(=O)/C(C#N)=C/c2ccc(OCCCC)cc2)cc1. The Morgan fingerprint density at radius 2 is 1.61 bits per heavy atom. The Labute approximate surface area is 183 Å². The van der Waals surface area contributed by atoms with E-state index in [9.17, 15) is 14.9 Å². The molecule has 0 heterocycles. The van der Waals surface area contributed by atoms with E-state index in [0.29, 0.717) is 24.5 Å². The third kappa shape index (κ3) is 7.98. The van der Waals surface area contributed by atoms with Crippen molar-refractivity contribution in [1.82, 2.24) is 0 Å². The third-order valence-corrected chi connectivity index (χ3v) is 4.43. The Hall–Kier alpha value is -3.59. The minimum Gasteiger partial charge on any atom is -0.494 e. The van der Waals surface area contributed by atoms with Crippen LogP contribution in [-0.2, 0) is 9.53 Å². The van der Waals surface area contributed by atoms with Crippen LogP contribution >= 0.6 is 0 Å². The average molecular weight is 421 g/mol. The number of ether oxygens (including phenoxy) is 2. The number of rotatable bonds is 11. The molecule has 0 aromatic heterocycles. The number of hydrogen-bond acceptors (Lipinski definition) is 5. The van der Waals surface area contributed by atoms with Gasteiger partial charge in [-0.05, 0) is 60.9 Å². The second-order valence-corrected chi connectivity index (χ2v) is 6.96. The molecule has 2 rings (SSSR count). The molecule has 2 aromatic rings. The normalized spacial score (nSPS) is 10.8. The van der Waals surface area contributed by atoms with Gasteiger partial charge in [0.2, 0.25) is 0 Å². The van der Waals surface area contributed by atoms with Gasteiger partial charge in [0.05, 0.1) is 18.8 Å². The zero-order chi connectivity index (χ0) is 22.5. The molecular formula is C25H28N2O4. The summed E-state index contributed by atoms with van der Waals surface area (Å²) in [4.78, 5) is 24.4. The summed E-state index contributed by atoms with van der Waals surface area (Å²) < 4.78 is 10.8. The van der Waals surface area contributed by atoms with Crippen molar-refractivity contribution < 1.29 is 19.1 Å². The van der Waals surface area contributed by atoms with Crippen LogP contribution in [0.4, 0.5) is 5.69 Å². The van der Waals surface area contributed by atoms with Crippen molar-refractivity contribution in [3.63, 3.8) is 0 Å². The number of nitrogens with zero attached hydrogens (tertiary/aromatic N) is 1. The largest absolute Gasteiger partial charge is 0.494 e. The maximum atomic E-state index is 12.5. The molecule has 1 amide bonds. The number of nitriles is 1. The summed E-state index contributed by atoms with van der Waals surface area (Å²) in [5.74, 6) is -0.169. The molecule has 0 spiro atoms. The quantitative estimate of drug-likeness (QED) is 0.229. The molecule has 0 fully saturated rings. The average Bonchev–Trinajstić information content (AvgIpc) is 2.79. The monoisotopic (exact) mass is 420 g/mol. The number of nitrogens with one attached hydrogen (secondary N) is 1. The molecule has 0 saturated heterocycles. The van der Waals surface area contributed by atoms with Crippen LogP contribution in [0.2, 0.25) is 0 Å². The molecule has 0 bridgehead atoms. The summed E-state index contributed by atoms with van der Waals surface area (Å²) in [6.07, 6.45) is 5.33. The van der Waals surface area contributed by atoms with Gasteiger partial charge in [0.15, 0.2) is 0 Å². The summed E-state index contributed by atoms with van der Waals surface area (Å²) >= 11 is 0. The molecule has 0 aliphatic carbocycles. The smallest absolute Gasteiger partial charge is 0.338 e. The van der Waals surface area contributed by atoms with Crippen molar-refractivity contribution in [3.8, 4) is 11.8 Å². The molecule has 6 heteroatoms. The fourth-order valence-corrected chi connectivity index (χ4v) is 2.59. The first-order valence-electron chi connectivity index (χ1n) is 10.5.